The maximum absolute atomic E-state index is 5.78. The molecule has 1 nitrogen and oxygen atoms in total. The third kappa shape index (κ3) is 3.16. The Kier molecular flexibility index (Phi) is 4.47. The average molecular weight is 323 g/mol. The minimum atomic E-state index is 0.702. The molecule has 3 atom stereocenters. The molecule has 0 saturated heterocycles. The minimum absolute atomic E-state index is 0.702. The highest BCUT2D eigenvalue weighted by atomic mass is 79.9. The number of fused-ring (bicyclic) bond motifs is 1. The van der Waals surface area contributed by atoms with E-state index in [1.807, 2.05) is 0 Å². The van der Waals surface area contributed by atoms with Crippen molar-refractivity contribution in [3.63, 3.8) is 0 Å². The van der Waals surface area contributed by atoms with Gasteiger partial charge >= 0.3 is 0 Å². The van der Waals surface area contributed by atoms with Gasteiger partial charge in [-0.25, -0.2) is 0 Å². The van der Waals surface area contributed by atoms with Crippen LogP contribution in [0.4, 0.5) is 0 Å². The van der Waals surface area contributed by atoms with E-state index in [4.69, 9.17) is 4.74 Å². The van der Waals surface area contributed by atoms with Gasteiger partial charge in [0.1, 0.15) is 5.75 Å². The molecule has 104 valence electrons. The first-order valence-electron chi connectivity index (χ1n) is 7.70. The molecule has 2 aliphatic rings. The van der Waals surface area contributed by atoms with E-state index in [2.05, 4.69) is 40.2 Å². The van der Waals surface area contributed by atoms with Gasteiger partial charge in [0, 0.05) is 4.83 Å². The summed E-state index contributed by atoms with van der Waals surface area (Å²) in [4.78, 5) is 0.727. The van der Waals surface area contributed by atoms with Crippen LogP contribution in [0.1, 0.15) is 56.4 Å². The van der Waals surface area contributed by atoms with Crippen LogP contribution in [0, 0.1) is 5.92 Å². The molecule has 1 heterocycles. The predicted molar refractivity (Wildman–Crippen MR) is 83.2 cm³/mol. The number of halogens is 1. The molecule has 2 heteroatoms. The Bertz CT molecular complexity index is 417. The minimum Gasteiger partial charge on any atom is -0.493 e. The maximum atomic E-state index is 5.78. The van der Waals surface area contributed by atoms with E-state index in [9.17, 15) is 0 Å². The second-order valence-electron chi connectivity index (χ2n) is 6.02. The quantitative estimate of drug-likeness (QED) is 0.531. The Balaban J connectivity index is 1.73. The molecule has 1 aliphatic carbocycles. The van der Waals surface area contributed by atoms with Crippen molar-refractivity contribution in [3.8, 4) is 5.75 Å². The summed E-state index contributed by atoms with van der Waals surface area (Å²) in [5.41, 5.74) is 1.44. The summed E-state index contributed by atoms with van der Waals surface area (Å²) >= 11 is 3.94. The smallest absolute Gasteiger partial charge is 0.122 e. The van der Waals surface area contributed by atoms with Gasteiger partial charge in [0.2, 0.25) is 0 Å². The molecule has 0 spiro atoms. The van der Waals surface area contributed by atoms with Gasteiger partial charge in [-0.15, -0.1) is 0 Å². The topological polar surface area (TPSA) is 9.23 Å². The van der Waals surface area contributed by atoms with Crippen molar-refractivity contribution in [1.82, 2.24) is 0 Å². The molecule has 3 unspecified atom stereocenters. The summed E-state index contributed by atoms with van der Waals surface area (Å²) in [5, 5.41) is 0. The molecule has 1 saturated carbocycles. The van der Waals surface area contributed by atoms with Crippen LogP contribution in [0.2, 0.25) is 0 Å². The molecule has 0 bridgehead atoms. The molecule has 3 rings (SSSR count). The predicted octanol–water partition coefficient (Wildman–Crippen LogP) is 5.29. The number of rotatable bonds is 2. The lowest BCUT2D eigenvalue weighted by molar-refractivity contribution is 0.249. The zero-order chi connectivity index (χ0) is 13.1. The molecule has 1 fully saturated rings. The van der Waals surface area contributed by atoms with Gasteiger partial charge in [0.05, 0.1) is 6.61 Å². The van der Waals surface area contributed by atoms with E-state index in [0.717, 1.165) is 23.1 Å². The zero-order valence-electron chi connectivity index (χ0n) is 11.5. The number of para-hydroxylation sites is 1. The average Bonchev–Trinajstić information content (AvgIpc) is 2.65. The van der Waals surface area contributed by atoms with Gasteiger partial charge in [0.15, 0.2) is 0 Å². The normalized spacial score (nSPS) is 31.1. The van der Waals surface area contributed by atoms with Gasteiger partial charge in [-0.2, -0.15) is 0 Å². The van der Waals surface area contributed by atoms with Crippen LogP contribution in [0.5, 0.6) is 5.75 Å². The second-order valence-corrected chi connectivity index (χ2v) is 7.20. The number of hydrogen-bond acceptors (Lipinski definition) is 1. The number of ether oxygens (including phenoxy) is 1. The molecule has 1 aromatic carbocycles. The lowest BCUT2D eigenvalue weighted by atomic mass is 9.82. The zero-order valence-corrected chi connectivity index (χ0v) is 13.1. The molecular formula is C17H23BrO. The van der Waals surface area contributed by atoms with E-state index >= 15 is 0 Å². The third-order valence-corrected chi connectivity index (χ3v) is 5.94. The fourth-order valence-corrected chi connectivity index (χ4v) is 4.43. The highest BCUT2D eigenvalue weighted by Crippen LogP contribution is 2.41. The van der Waals surface area contributed by atoms with Crippen molar-refractivity contribution >= 4 is 15.9 Å². The standard InChI is InChI=1S/C17H23BrO/c18-16-8-3-1-2-6-14(16)12-13-10-11-19-17-9-5-4-7-15(13)17/h4-5,7,9,13-14,16H,1-3,6,8,10-12H2. The van der Waals surface area contributed by atoms with Crippen LogP contribution in [0.25, 0.3) is 0 Å². The summed E-state index contributed by atoms with van der Waals surface area (Å²) in [5.74, 6) is 2.67. The first-order chi connectivity index (χ1) is 9.34. The summed E-state index contributed by atoms with van der Waals surface area (Å²) in [6.45, 7) is 0.890. The maximum Gasteiger partial charge on any atom is 0.122 e. The fourth-order valence-electron chi connectivity index (χ4n) is 3.63. The summed E-state index contributed by atoms with van der Waals surface area (Å²) in [6, 6.07) is 8.62. The van der Waals surface area contributed by atoms with Gasteiger partial charge in [0.25, 0.3) is 0 Å². The van der Waals surface area contributed by atoms with Crippen LogP contribution in [-0.2, 0) is 0 Å². The van der Waals surface area contributed by atoms with E-state index in [1.54, 1.807) is 0 Å². The lowest BCUT2D eigenvalue weighted by Crippen LogP contribution is -2.21. The van der Waals surface area contributed by atoms with Gasteiger partial charge in [-0.1, -0.05) is 53.4 Å². The SMILES string of the molecule is BrC1CCCCCC1CC1CCOc2ccccc21. The molecule has 0 amide bonds. The summed E-state index contributed by atoms with van der Waals surface area (Å²) in [6.07, 6.45) is 9.51. The van der Waals surface area contributed by atoms with E-state index in [0.29, 0.717) is 5.92 Å². The third-order valence-electron chi connectivity index (χ3n) is 4.74. The van der Waals surface area contributed by atoms with Gasteiger partial charge in [-0.05, 0) is 49.1 Å². The molecule has 0 aromatic heterocycles. The summed E-state index contributed by atoms with van der Waals surface area (Å²) < 4.78 is 5.78. The van der Waals surface area contributed by atoms with Crippen LogP contribution in [0.15, 0.2) is 24.3 Å². The fraction of sp³-hybridized carbons (Fsp3) is 0.647. The van der Waals surface area contributed by atoms with Crippen molar-refractivity contribution in [2.75, 3.05) is 6.61 Å². The van der Waals surface area contributed by atoms with Crippen molar-refractivity contribution in [1.29, 1.82) is 0 Å². The van der Waals surface area contributed by atoms with Gasteiger partial charge in [-0.3, -0.25) is 0 Å². The Morgan fingerprint density at radius 2 is 1.89 bits per heavy atom. The Labute approximate surface area is 124 Å². The van der Waals surface area contributed by atoms with Crippen molar-refractivity contribution < 1.29 is 4.74 Å². The van der Waals surface area contributed by atoms with Gasteiger partial charge < -0.3 is 4.74 Å². The number of benzene rings is 1. The van der Waals surface area contributed by atoms with Crippen LogP contribution in [0.3, 0.4) is 0 Å². The first kappa shape index (κ1) is 13.5. The molecule has 0 radical (unpaired) electrons. The van der Waals surface area contributed by atoms with Crippen molar-refractivity contribution in [2.45, 2.75) is 55.7 Å². The molecule has 1 aromatic rings. The first-order valence-corrected chi connectivity index (χ1v) is 8.62. The van der Waals surface area contributed by atoms with Crippen LogP contribution in [-0.4, -0.2) is 11.4 Å². The Morgan fingerprint density at radius 1 is 1.05 bits per heavy atom. The number of hydrogen-bond donors (Lipinski definition) is 0. The molecule has 0 N–H and O–H groups in total. The molecular weight excluding hydrogens is 300 g/mol. The molecule has 19 heavy (non-hydrogen) atoms. The van der Waals surface area contributed by atoms with E-state index in [1.165, 1.54) is 50.5 Å². The second kappa shape index (κ2) is 6.30. The largest absolute Gasteiger partial charge is 0.493 e. The monoisotopic (exact) mass is 322 g/mol. The summed E-state index contributed by atoms with van der Waals surface area (Å²) in [7, 11) is 0. The number of alkyl halides is 1. The van der Waals surface area contributed by atoms with Crippen molar-refractivity contribution in [3.05, 3.63) is 29.8 Å². The van der Waals surface area contributed by atoms with Crippen molar-refractivity contribution in [2.24, 2.45) is 5.92 Å². The van der Waals surface area contributed by atoms with E-state index in [-0.39, 0.29) is 0 Å². The van der Waals surface area contributed by atoms with Crippen LogP contribution < -0.4 is 4.74 Å². The Hall–Kier alpha value is -0.500. The highest BCUT2D eigenvalue weighted by Gasteiger charge is 2.28. The highest BCUT2D eigenvalue weighted by molar-refractivity contribution is 9.09. The van der Waals surface area contributed by atoms with Crippen LogP contribution >= 0.6 is 15.9 Å². The Morgan fingerprint density at radius 3 is 2.84 bits per heavy atom. The van der Waals surface area contributed by atoms with E-state index < -0.39 is 0 Å². The molecule has 1 aliphatic heterocycles. The lowest BCUT2D eigenvalue weighted by Gasteiger charge is -2.30.